The second kappa shape index (κ2) is 4.23. The van der Waals surface area contributed by atoms with Crippen LogP contribution in [0.3, 0.4) is 0 Å². The van der Waals surface area contributed by atoms with Crippen molar-refractivity contribution >= 4 is 5.69 Å². The monoisotopic (exact) mass is 204 g/mol. The molecule has 0 unspecified atom stereocenters. The standard InChI is InChI=1S/C13H20N2/c1-3-15(12-7-8-12)13-10(2)5-4-6-11(13)9-14/h4-6,12H,3,7-9,14H2,1-2H3. The number of para-hydroxylation sites is 1. The van der Waals surface area contributed by atoms with Crippen LogP contribution in [0, 0.1) is 6.92 Å². The Morgan fingerprint density at radius 1 is 1.40 bits per heavy atom. The Bertz CT molecular complexity index is 342. The summed E-state index contributed by atoms with van der Waals surface area (Å²) < 4.78 is 0. The summed E-state index contributed by atoms with van der Waals surface area (Å²) in [5, 5.41) is 0. The maximum Gasteiger partial charge on any atom is 0.0443 e. The van der Waals surface area contributed by atoms with Crippen LogP contribution in [0.4, 0.5) is 5.69 Å². The highest BCUT2D eigenvalue weighted by atomic mass is 15.2. The molecule has 0 saturated heterocycles. The third kappa shape index (κ3) is 2.00. The highest BCUT2D eigenvalue weighted by Gasteiger charge is 2.29. The zero-order chi connectivity index (χ0) is 10.8. The quantitative estimate of drug-likeness (QED) is 0.816. The van der Waals surface area contributed by atoms with E-state index < -0.39 is 0 Å². The third-order valence-electron chi connectivity index (χ3n) is 3.16. The van der Waals surface area contributed by atoms with E-state index in [9.17, 15) is 0 Å². The lowest BCUT2D eigenvalue weighted by atomic mass is 10.1. The van der Waals surface area contributed by atoms with Gasteiger partial charge in [0.15, 0.2) is 0 Å². The minimum absolute atomic E-state index is 0.639. The van der Waals surface area contributed by atoms with Gasteiger partial charge in [0.25, 0.3) is 0 Å². The number of rotatable bonds is 4. The van der Waals surface area contributed by atoms with Crippen LogP contribution < -0.4 is 10.6 Å². The van der Waals surface area contributed by atoms with Gasteiger partial charge in [-0.1, -0.05) is 18.2 Å². The molecular weight excluding hydrogens is 184 g/mol. The summed E-state index contributed by atoms with van der Waals surface area (Å²) in [6.07, 6.45) is 2.68. The minimum atomic E-state index is 0.639. The fourth-order valence-corrected chi connectivity index (χ4v) is 2.28. The smallest absolute Gasteiger partial charge is 0.0443 e. The van der Waals surface area contributed by atoms with E-state index in [0.717, 1.165) is 12.6 Å². The van der Waals surface area contributed by atoms with E-state index >= 15 is 0 Å². The Kier molecular flexibility index (Phi) is 2.96. The molecule has 0 amide bonds. The van der Waals surface area contributed by atoms with Gasteiger partial charge in [0.1, 0.15) is 0 Å². The predicted octanol–water partition coefficient (Wildman–Crippen LogP) is 2.44. The van der Waals surface area contributed by atoms with Crippen LogP contribution in [-0.2, 0) is 6.54 Å². The molecule has 1 saturated carbocycles. The third-order valence-corrected chi connectivity index (χ3v) is 3.16. The molecular formula is C13H20N2. The molecule has 0 aromatic heterocycles. The largest absolute Gasteiger partial charge is 0.368 e. The molecule has 2 N–H and O–H groups in total. The molecule has 2 nitrogen and oxygen atoms in total. The Labute approximate surface area is 92.1 Å². The van der Waals surface area contributed by atoms with Crippen molar-refractivity contribution in [3.63, 3.8) is 0 Å². The second-order valence-electron chi connectivity index (χ2n) is 4.30. The number of nitrogens with zero attached hydrogens (tertiary/aromatic N) is 1. The molecule has 0 bridgehead atoms. The van der Waals surface area contributed by atoms with Crippen molar-refractivity contribution in [2.24, 2.45) is 5.73 Å². The fourth-order valence-electron chi connectivity index (χ4n) is 2.28. The molecule has 1 fully saturated rings. The van der Waals surface area contributed by atoms with Crippen LogP contribution in [0.1, 0.15) is 30.9 Å². The number of nitrogens with two attached hydrogens (primary N) is 1. The van der Waals surface area contributed by atoms with Gasteiger partial charge in [-0.3, -0.25) is 0 Å². The molecule has 1 aliphatic carbocycles. The Morgan fingerprint density at radius 3 is 2.67 bits per heavy atom. The van der Waals surface area contributed by atoms with Gasteiger partial charge in [-0.2, -0.15) is 0 Å². The van der Waals surface area contributed by atoms with E-state index in [2.05, 4.69) is 36.9 Å². The highest BCUT2D eigenvalue weighted by Crippen LogP contribution is 2.35. The van der Waals surface area contributed by atoms with Crippen molar-refractivity contribution < 1.29 is 0 Å². The molecule has 1 aromatic rings. The summed E-state index contributed by atoms with van der Waals surface area (Å²) >= 11 is 0. The normalized spacial score (nSPS) is 15.4. The summed E-state index contributed by atoms with van der Waals surface area (Å²) in [5.74, 6) is 0. The van der Waals surface area contributed by atoms with Crippen LogP contribution in [0.5, 0.6) is 0 Å². The molecule has 0 aliphatic heterocycles. The highest BCUT2D eigenvalue weighted by molar-refractivity contribution is 5.60. The average molecular weight is 204 g/mol. The lowest BCUT2D eigenvalue weighted by molar-refractivity contribution is 0.812. The average Bonchev–Trinajstić information content (AvgIpc) is 3.05. The van der Waals surface area contributed by atoms with Gasteiger partial charge < -0.3 is 10.6 Å². The molecule has 0 radical (unpaired) electrons. The van der Waals surface area contributed by atoms with E-state index in [4.69, 9.17) is 5.73 Å². The van der Waals surface area contributed by atoms with Crippen LogP contribution in [-0.4, -0.2) is 12.6 Å². The first-order chi connectivity index (χ1) is 7.27. The van der Waals surface area contributed by atoms with Crippen molar-refractivity contribution in [1.82, 2.24) is 0 Å². The molecule has 2 rings (SSSR count). The van der Waals surface area contributed by atoms with Gasteiger partial charge in [0.05, 0.1) is 0 Å². The summed E-state index contributed by atoms with van der Waals surface area (Å²) in [4.78, 5) is 2.51. The van der Waals surface area contributed by atoms with E-state index in [1.807, 2.05) is 0 Å². The lowest BCUT2D eigenvalue weighted by Crippen LogP contribution is -2.27. The number of anilines is 1. The molecule has 0 spiro atoms. The van der Waals surface area contributed by atoms with Gasteiger partial charge in [-0.25, -0.2) is 0 Å². The second-order valence-corrected chi connectivity index (χ2v) is 4.30. The van der Waals surface area contributed by atoms with Crippen molar-refractivity contribution in [2.45, 2.75) is 39.3 Å². The first kappa shape index (κ1) is 10.5. The first-order valence-corrected chi connectivity index (χ1v) is 5.83. The van der Waals surface area contributed by atoms with Gasteiger partial charge >= 0.3 is 0 Å². The van der Waals surface area contributed by atoms with E-state index in [-0.39, 0.29) is 0 Å². The van der Waals surface area contributed by atoms with E-state index in [1.165, 1.54) is 29.7 Å². The molecule has 0 heterocycles. The van der Waals surface area contributed by atoms with Crippen molar-refractivity contribution in [3.8, 4) is 0 Å². The Morgan fingerprint density at radius 2 is 2.13 bits per heavy atom. The van der Waals surface area contributed by atoms with Gasteiger partial charge in [-0.05, 0) is 37.8 Å². The predicted molar refractivity (Wildman–Crippen MR) is 65.1 cm³/mol. The Balaban J connectivity index is 2.38. The molecule has 1 aliphatic rings. The molecule has 82 valence electrons. The molecule has 1 aromatic carbocycles. The van der Waals surface area contributed by atoms with Gasteiger partial charge in [-0.15, -0.1) is 0 Å². The fraction of sp³-hybridized carbons (Fsp3) is 0.538. The zero-order valence-corrected chi connectivity index (χ0v) is 9.66. The maximum absolute atomic E-state index is 5.81. The summed E-state index contributed by atoms with van der Waals surface area (Å²) in [7, 11) is 0. The van der Waals surface area contributed by atoms with Crippen LogP contribution in [0.25, 0.3) is 0 Å². The van der Waals surface area contributed by atoms with Crippen LogP contribution >= 0.6 is 0 Å². The lowest BCUT2D eigenvalue weighted by Gasteiger charge is -2.27. The van der Waals surface area contributed by atoms with Crippen molar-refractivity contribution in [3.05, 3.63) is 29.3 Å². The van der Waals surface area contributed by atoms with Crippen LogP contribution in [0.15, 0.2) is 18.2 Å². The zero-order valence-electron chi connectivity index (χ0n) is 9.66. The van der Waals surface area contributed by atoms with E-state index in [0.29, 0.717) is 6.54 Å². The minimum Gasteiger partial charge on any atom is -0.368 e. The molecule has 15 heavy (non-hydrogen) atoms. The first-order valence-electron chi connectivity index (χ1n) is 5.83. The van der Waals surface area contributed by atoms with Gasteiger partial charge in [0, 0.05) is 24.8 Å². The van der Waals surface area contributed by atoms with Gasteiger partial charge in [0.2, 0.25) is 0 Å². The summed E-state index contributed by atoms with van der Waals surface area (Å²) in [6, 6.07) is 7.19. The topological polar surface area (TPSA) is 29.3 Å². The molecule has 0 atom stereocenters. The number of aryl methyl sites for hydroxylation is 1. The van der Waals surface area contributed by atoms with Crippen molar-refractivity contribution in [1.29, 1.82) is 0 Å². The number of hydrogen-bond donors (Lipinski definition) is 1. The van der Waals surface area contributed by atoms with Crippen molar-refractivity contribution in [2.75, 3.05) is 11.4 Å². The van der Waals surface area contributed by atoms with E-state index in [1.54, 1.807) is 0 Å². The summed E-state index contributed by atoms with van der Waals surface area (Å²) in [6.45, 7) is 6.13. The molecule has 2 heteroatoms. The summed E-state index contributed by atoms with van der Waals surface area (Å²) in [5.41, 5.74) is 9.82. The van der Waals surface area contributed by atoms with Crippen LogP contribution in [0.2, 0.25) is 0 Å². The maximum atomic E-state index is 5.81. The number of benzene rings is 1. The number of hydrogen-bond acceptors (Lipinski definition) is 2. The SMILES string of the molecule is CCN(c1c(C)cccc1CN)C1CC1. The Hall–Kier alpha value is -1.02.